The second-order valence-corrected chi connectivity index (χ2v) is 3.86. The SMILES string of the molecule is COc1nc2ccc(Cl)c(N)c2s1. The lowest BCUT2D eigenvalue weighted by Crippen LogP contribution is -1.85. The lowest BCUT2D eigenvalue weighted by atomic mass is 10.3. The molecule has 0 saturated heterocycles. The zero-order chi connectivity index (χ0) is 9.42. The van der Waals surface area contributed by atoms with Crippen molar-refractivity contribution >= 4 is 38.8 Å². The van der Waals surface area contributed by atoms with Crippen molar-refractivity contribution in [1.82, 2.24) is 4.98 Å². The van der Waals surface area contributed by atoms with Crippen LogP contribution in [0.4, 0.5) is 5.69 Å². The maximum absolute atomic E-state index is 5.85. The number of fused-ring (bicyclic) bond motifs is 1. The predicted octanol–water partition coefficient (Wildman–Crippen LogP) is 2.54. The molecule has 0 spiro atoms. The molecule has 68 valence electrons. The van der Waals surface area contributed by atoms with E-state index in [9.17, 15) is 0 Å². The van der Waals surface area contributed by atoms with Crippen molar-refractivity contribution in [2.24, 2.45) is 0 Å². The van der Waals surface area contributed by atoms with Gasteiger partial charge in [0.25, 0.3) is 5.19 Å². The number of rotatable bonds is 1. The molecule has 0 fully saturated rings. The molecule has 0 radical (unpaired) electrons. The summed E-state index contributed by atoms with van der Waals surface area (Å²) >= 11 is 7.25. The third-order valence-corrected chi connectivity index (χ3v) is 3.09. The van der Waals surface area contributed by atoms with Crippen LogP contribution in [0.5, 0.6) is 5.19 Å². The minimum absolute atomic E-state index is 0.554. The first kappa shape index (κ1) is 8.59. The average molecular weight is 215 g/mol. The molecule has 0 bridgehead atoms. The van der Waals surface area contributed by atoms with Gasteiger partial charge in [-0.05, 0) is 12.1 Å². The van der Waals surface area contributed by atoms with E-state index in [4.69, 9.17) is 22.1 Å². The minimum atomic E-state index is 0.554. The van der Waals surface area contributed by atoms with Crippen LogP contribution >= 0.6 is 22.9 Å². The topological polar surface area (TPSA) is 48.1 Å². The van der Waals surface area contributed by atoms with E-state index in [0.29, 0.717) is 15.9 Å². The number of ether oxygens (including phenoxy) is 1. The van der Waals surface area contributed by atoms with Gasteiger partial charge in [-0.2, -0.15) is 0 Å². The maximum Gasteiger partial charge on any atom is 0.274 e. The van der Waals surface area contributed by atoms with Crippen LogP contribution < -0.4 is 10.5 Å². The van der Waals surface area contributed by atoms with Gasteiger partial charge in [0.05, 0.1) is 28.0 Å². The molecule has 0 aliphatic rings. The highest BCUT2D eigenvalue weighted by molar-refractivity contribution is 7.20. The average Bonchev–Trinajstić information content (AvgIpc) is 2.55. The van der Waals surface area contributed by atoms with Crippen LogP contribution in [0.2, 0.25) is 5.02 Å². The van der Waals surface area contributed by atoms with Crippen molar-refractivity contribution in [3.05, 3.63) is 17.2 Å². The van der Waals surface area contributed by atoms with E-state index >= 15 is 0 Å². The molecule has 1 aromatic carbocycles. The molecule has 5 heteroatoms. The number of hydrogen-bond acceptors (Lipinski definition) is 4. The number of nitrogens with two attached hydrogens (primary N) is 1. The second-order valence-electron chi connectivity index (χ2n) is 2.49. The third kappa shape index (κ3) is 1.32. The third-order valence-electron chi connectivity index (χ3n) is 1.70. The lowest BCUT2D eigenvalue weighted by molar-refractivity contribution is 0.413. The quantitative estimate of drug-likeness (QED) is 0.743. The molecule has 2 rings (SSSR count). The molecule has 13 heavy (non-hydrogen) atoms. The molecular weight excluding hydrogens is 208 g/mol. The Morgan fingerprint density at radius 1 is 1.54 bits per heavy atom. The standard InChI is InChI=1S/C8H7ClN2OS/c1-12-8-11-5-3-2-4(9)6(10)7(5)13-8/h2-3H,10H2,1H3. The number of hydrogen-bond donors (Lipinski definition) is 1. The van der Waals surface area contributed by atoms with Crippen molar-refractivity contribution in [2.45, 2.75) is 0 Å². The molecule has 0 aliphatic heterocycles. The summed E-state index contributed by atoms with van der Waals surface area (Å²) in [6.45, 7) is 0. The molecule has 0 amide bonds. The van der Waals surface area contributed by atoms with Gasteiger partial charge < -0.3 is 10.5 Å². The van der Waals surface area contributed by atoms with Crippen LogP contribution in [-0.4, -0.2) is 12.1 Å². The summed E-state index contributed by atoms with van der Waals surface area (Å²) in [4.78, 5) is 4.19. The summed E-state index contributed by atoms with van der Waals surface area (Å²) in [6, 6.07) is 3.56. The van der Waals surface area contributed by atoms with Gasteiger partial charge in [-0.3, -0.25) is 0 Å². The fourth-order valence-corrected chi connectivity index (χ4v) is 2.11. The van der Waals surface area contributed by atoms with Crippen molar-refractivity contribution < 1.29 is 4.74 Å². The summed E-state index contributed by atoms with van der Waals surface area (Å²) in [7, 11) is 1.58. The number of benzene rings is 1. The number of aromatic nitrogens is 1. The van der Waals surface area contributed by atoms with E-state index in [0.717, 1.165) is 10.2 Å². The molecule has 3 nitrogen and oxygen atoms in total. The first-order valence-corrected chi connectivity index (χ1v) is 4.80. The maximum atomic E-state index is 5.85. The van der Waals surface area contributed by atoms with Crippen molar-refractivity contribution in [2.75, 3.05) is 12.8 Å². The molecular formula is C8H7ClN2OS. The van der Waals surface area contributed by atoms with Gasteiger partial charge in [-0.15, -0.1) is 0 Å². The number of nitrogen functional groups attached to an aromatic ring is 1. The second kappa shape index (κ2) is 3.05. The molecule has 0 aliphatic carbocycles. The van der Waals surface area contributed by atoms with Gasteiger partial charge in [-0.1, -0.05) is 22.9 Å². The molecule has 1 aromatic heterocycles. The van der Waals surface area contributed by atoms with E-state index in [-0.39, 0.29) is 0 Å². The van der Waals surface area contributed by atoms with Crippen LogP contribution in [0.25, 0.3) is 10.2 Å². The number of thiazole rings is 1. The Balaban J connectivity index is 2.76. The smallest absolute Gasteiger partial charge is 0.274 e. The Bertz CT molecular complexity index is 455. The van der Waals surface area contributed by atoms with Crippen LogP contribution in [0.1, 0.15) is 0 Å². The zero-order valence-corrected chi connectivity index (χ0v) is 8.45. The van der Waals surface area contributed by atoms with Gasteiger partial charge in [0.1, 0.15) is 0 Å². The summed E-state index contributed by atoms with van der Waals surface area (Å²) in [5.74, 6) is 0. The largest absolute Gasteiger partial charge is 0.473 e. The van der Waals surface area contributed by atoms with Crippen LogP contribution in [0.3, 0.4) is 0 Å². The molecule has 1 heterocycles. The molecule has 0 unspecified atom stereocenters. The number of nitrogens with zero attached hydrogens (tertiary/aromatic N) is 1. The van der Waals surface area contributed by atoms with Crippen molar-refractivity contribution in [3.63, 3.8) is 0 Å². The minimum Gasteiger partial charge on any atom is -0.473 e. The van der Waals surface area contributed by atoms with E-state index in [1.165, 1.54) is 11.3 Å². The van der Waals surface area contributed by atoms with Crippen LogP contribution in [0.15, 0.2) is 12.1 Å². The monoisotopic (exact) mass is 214 g/mol. The number of methoxy groups -OCH3 is 1. The Morgan fingerprint density at radius 3 is 3.00 bits per heavy atom. The highest BCUT2D eigenvalue weighted by Crippen LogP contribution is 2.35. The van der Waals surface area contributed by atoms with Crippen LogP contribution in [0, 0.1) is 0 Å². The number of anilines is 1. The fraction of sp³-hybridized carbons (Fsp3) is 0.125. The fourth-order valence-electron chi connectivity index (χ4n) is 1.06. The summed E-state index contributed by atoms with van der Waals surface area (Å²) < 4.78 is 5.88. The van der Waals surface area contributed by atoms with Crippen molar-refractivity contribution in [1.29, 1.82) is 0 Å². The highest BCUT2D eigenvalue weighted by Gasteiger charge is 2.08. The Hall–Kier alpha value is -1.00. The van der Waals surface area contributed by atoms with Gasteiger partial charge >= 0.3 is 0 Å². The van der Waals surface area contributed by atoms with Gasteiger partial charge in [0, 0.05) is 0 Å². The summed E-state index contributed by atoms with van der Waals surface area (Å²) in [5, 5.41) is 1.16. The molecule has 0 saturated carbocycles. The molecule has 2 N–H and O–H groups in total. The first-order chi connectivity index (χ1) is 6.22. The Labute approximate surface area is 84.1 Å². The molecule has 0 atom stereocenters. The number of halogens is 1. The molecule has 2 aromatic rings. The summed E-state index contributed by atoms with van der Waals surface area (Å²) in [5.41, 5.74) is 7.16. The normalized spacial score (nSPS) is 10.6. The van der Waals surface area contributed by atoms with Gasteiger partial charge in [-0.25, -0.2) is 4.98 Å². The van der Waals surface area contributed by atoms with E-state index < -0.39 is 0 Å². The van der Waals surface area contributed by atoms with Crippen LogP contribution in [-0.2, 0) is 0 Å². The van der Waals surface area contributed by atoms with E-state index in [1.54, 1.807) is 13.2 Å². The summed E-state index contributed by atoms with van der Waals surface area (Å²) in [6.07, 6.45) is 0. The van der Waals surface area contributed by atoms with Gasteiger partial charge in [0.15, 0.2) is 0 Å². The van der Waals surface area contributed by atoms with E-state index in [1.807, 2.05) is 6.07 Å². The Morgan fingerprint density at radius 2 is 2.31 bits per heavy atom. The highest BCUT2D eigenvalue weighted by atomic mass is 35.5. The first-order valence-electron chi connectivity index (χ1n) is 3.61. The van der Waals surface area contributed by atoms with Gasteiger partial charge in [0.2, 0.25) is 0 Å². The lowest BCUT2D eigenvalue weighted by Gasteiger charge is -1.95. The predicted molar refractivity (Wildman–Crippen MR) is 55.6 cm³/mol. The zero-order valence-electron chi connectivity index (χ0n) is 6.87. The Kier molecular flexibility index (Phi) is 2.01. The van der Waals surface area contributed by atoms with E-state index in [2.05, 4.69) is 4.98 Å². The van der Waals surface area contributed by atoms with Crippen molar-refractivity contribution in [3.8, 4) is 5.19 Å².